The normalized spacial score (nSPS) is 22.9. The predicted molar refractivity (Wildman–Crippen MR) is 70.7 cm³/mol. The number of nitrogens with one attached hydrogen (secondary N) is 1. The Morgan fingerprint density at radius 2 is 2.37 bits per heavy atom. The summed E-state index contributed by atoms with van der Waals surface area (Å²) in [6, 6.07) is 4.50. The Bertz CT molecular complexity index is 466. The lowest BCUT2D eigenvalue weighted by atomic mass is 10.1. The van der Waals surface area contributed by atoms with Crippen LogP contribution >= 0.6 is 11.6 Å². The second-order valence-corrected chi connectivity index (χ2v) is 4.79. The second kappa shape index (κ2) is 6.23. The SMILES string of the molecule is COc1cc(Cl)ccc1C(=O)N[C@@H]1CCOC[C@H]1O. The van der Waals surface area contributed by atoms with Crippen LogP contribution in [0.2, 0.25) is 5.02 Å². The molecule has 1 fully saturated rings. The van der Waals surface area contributed by atoms with Crippen molar-refractivity contribution in [3.8, 4) is 5.75 Å². The van der Waals surface area contributed by atoms with E-state index in [2.05, 4.69) is 5.32 Å². The molecule has 0 radical (unpaired) electrons. The average molecular weight is 286 g/mol. The summed E-state index contributed by atoms with van der Waals surface area (Å²) in [7, 11) is 1.48. The average Bonchev–Trinajstić information content (AvgIpc) is 2.41. The number of ether oxygens (including phenoxy) is 2. The van der Waals surface area contributed by atoms with Crippen LogP contribution in [-0.4, -0.2) is 43.5 Å². The lowest BCUT2D eigenvalue weighted by Crippen LogP contribution is -2.48. The van der Waals surface area contributed by atoms with Gasteiger partial charge in [-0.25, -0.2) is 0 Å². The number of carbonyl (C=O) groups is 1. The van der Waals surface area contributed by atoms with Crippen molar-refractivity contribution in [1.82, 2.24) is 5.32 Å². The Kier molecular flexibility index (Phi) is 4.63. The van der Waals surface area contributed by atoms with Gasteiger partial charge >= 0.3 is 0 Å². The summed E-state index contributed by atoms with van der Waals surface area (Å²) in [6.07, 6.45) is -0.0981. The molecule has 1 aliphatic heterocycles. The van der Waals surface area contributed by atoms with Crippen LogP contribution in [0.4, 0.5) is 0 Å². The number of hydrogen-bond acceptors (Lipinski definition) is 4. The predicted octanol–water partition coefficient (Wildman–Crippen LogP) is 1.23. The van der Waals surface area contributed by atoms with E-state index in [0.29, 0.717) is 29.4 Å². The monoisotopic (exact) mass is 285 g/mol. The molecule has 1 aromatic rings. The molecule has 0 aliphatic carbocycles. The van der Waals surface area contributed by atoms with E-state index in [1.807, 2.05) is 0 Å². The molecule has 1 heterocycles. The lowest BCUT2D eigenvalue weighted by molar-refractivity contribution is -0.0261. The third kappa shape index (κ3) is 3.37. The summed E-state index contributed by atoms with van der Waals surface area (Å²) >= 11 is 5.85. The molecule has 5 nitrogen and oxygen atoms in total. The molecule has 1 aliphatic rings. The number of hydrogen-bond donors (Lipinski definition) is 2. The van der Waals surface area contributed by atoms with Gasteiger partial charge in [0, 0.05) is 11.6 Å². The van der Waals surface area contributed by atoms with Crippen LogP contribution in [0.1, 0.15) is 16.8 Å². The van der Waals surface area contributed by atoms with Crippen molar-refractivity contribution in [2.75, 3.05) is 20.3 Å². The molecule has 19 heavy (non-hydrogen) atoms. The molecular weight excluding hydrogens is 270 g/mol. The molecule has 6 heteroatoms. The fourth-order valence-electron chi connectivity index (χ4n) is 1.99. The number of methoxy groups -OCH3 is 1. The second-order valence-electron chi connectivity index (χ2n) is 4.36. The molecule has 1 amide bonds. The van der Waals surface area contributed by atoms with Gasteiger partial charge in [-0.05, 0) is 24.6 Å². The van der Waals surface area contributed by atoms with Crippen LogP contribution in [0.25, 0.3) is 0 Å². The molecule has 1 aromatic carbocycles. The van der Waals surface area contributed by atoms with E-state index >= 15 is 0 Å². The first kappa shape index (κ1) is 14.1. The molecule has 0 spiro atoms. The van der Waals surface area contributed by atoms with E-state index in [1.54, 1.807) is 18.2 Å². The highest BCUT2D eigenvalue weighted by Gasteiger charge is 2.26. The van der Waals surface area contributed by atoms with Crippen molar-refractivity contribution >= 4 is 17.5 Å². The molecule has 2 N–H and O–H groups in total. The van der Waals surface area contributed by atoms with Gasteiger partial charge in [0.05, 0.1) is 31.4 Å². The van der Waals surface area contributed by atoms with Gasteiger partial charge in [-0.3, -0.25) is 4.79 Å². The molecular formula is C13H16ClNO4. The molecule has 1 saturated heterocycles. The van der Waals surface area contributed by atoms with Gasteiger partial charge in [-0.2, -0.15) is 0 Å². The molecule has 104 valence electrons. The zero-order valence-corrected chi connectivity index (χ0v) is 11.3. The van der Waals surface area contributed by atoms with Crippen LogP contribution < -0.4 is 10.1 Å². The Morgan fingerprint density at radius 3 is 3.05 bits per heavy atom. The molecule has 2 atom stereocenters. The van der Waals surface area contributed by atoms with Crippen LogP contribution in [0.3, 0.4) is 0 Å². The third-order valence-corrected chi connectivity index (χ3v) is 3.29. The first-order valence-electron chi connectivity index (χ1n) is 6.02. The topological polar surface area (TPSA) is 67.8 Å². The minimum Gasteiger partial charge on any atom is -0.496 e. The number of amides is 1. The summed E-state index contributed by atoms with van der Waals surface area (Å²) in [5.74, 6) is 0.117. The third-order valence-electron chi connectivity index (χ3n) is 3.05. The van der Waals surface area contributed by atoms with Gasteiger partial charge in [-0.15, -0.1) is 0 Å². The van der Waals surface area contributed by atoms with Crippen molar-refractivity contribution in [3.05, 3.63) is 28.8 Å². The van der Waals surface area contributed by atoms with E-state index in [4.69, 9.17) is 21.1 Å². The molecule has 0 aromatic heterocycles. The highest BCUT2D eigenvalue weighted by atomic mass is 35.5. The summed E-state index contributed by atoms with van der Waals surface area (Å²) < 4.78 is 10.2. The summed E-state index contributed by atoms with van der Waals surface area (Å²) in [4.78, 5) is 12.2. The fourth-order valence-corrected chi connectivity index (χ4v) is 2.15. The largest absolute Gasteiger partial charge is 0.496 e. The number of carbonyl (C=O) groups excluding carboxylic acids is 1. The molecule has 2 rings (SSSR count). The van der Waals surface area contributed by atoms with E-state index in [1.165, 1.54) is 7.11 Å². The minimum atomic E-state index is -0.684. The Balaban J connectivity index is 2.11. The highest BCUT2D eigenvalue weighted by Crippen LogP contribution is 2.23. The van der Waals surface area contributed by atoms with Gasteiger partial charge < -0.3 is 19.9 Å². The van der Waals surface area contributed by atoms with Crippen molar-refractivity contribution in [1.29, 1.82) is 0 Å². The Hall–Kier alpha value is -1.30. The van der Waals surface area contributed by atoms with Gasteiger partial charge in [0.15, 0.2) is 0 Å². The Labute approximate surface area is 116 Å². The first-order chi connectivity index (χ1) is 9.11. The molecule has 0 unspecified atom stereocenters. The van der Waals surface area contributed by atoms with Crippen molar-refractivity contribution in [2.24, 2.45) is 0 Å². The lowest BCUT2D eigenvalue weighted by Gasteiger charge is -2.28. The van der Waals surface area contributed by atoms with Crippen LogP contribution in [0.5, 0.6) is 5.75 Å². The van der Waals surface area contributed by atoms with Gasteiger partial charge in [-0.1, -0.05) is 11.6 Å². The van der Waals surface area contributed by atoms with Crippen LogP contribution in [0.15, 0.2) is 18.2 Å². The summed E-state index contributed by atoms with van der Waals surface area (Å²) in [6.45, 7) is 0.766. The van der Waals surface area contributed by atoms with Crippen molar-refractivity contribution < 1.29 is 19.4 Å². The van der Waals surface area contributed by atoms with Gasteiger partial charge in [0.25, 0.3) is 5.91 Å². The number of rotatable bonds is 3. The summed E-state index contributed by atoms with van der Waals surface area (Å²) in [5, 5.41) is 13.0. The number of aliphatic hydroxyl groups excluding tert-OH is 1. The fraction of sp³-hybridized carbons (Fsp3) is 0.462. The highest BCUT2D eigenvalue weighted by molar-refractivity contribution is 6.30. The quantitative estimate of drug-likeness (QED) is 0.876. The zero-order chi connectivity index (χ0) is 13.8. The van der Waals surface area contributed by atoms with Gasteiger partial charge in [0.1, 0.15) is 5.75 Å². The Morgan fingerprint density at radius 1 is 1.58 bits per heavy atom. The van der Waals surface area contributed by atoms with Crippen molar-refractivity contribution in [3.63, 3.8) is 0 Å². The van der Waals surface area contributed by atoms with E-state index in [-0.39, 0.29) is 18.6 Å². The molecule has 0 bridgehead atoms. The maximum Gasteiger partial charge on any atom is 0.255 e. The number of halogens is 1. The van der Waals surface area contributed by atoms with E-state index < -0.39 is 6.10 Å². The van der Waals surface area contributed by atoms with Crippen molar-refractivity contribution in [2.45, 2.75) is 18.6 Å². The summed E-state index contributed by atoms with van der Waals surface area (Å²) in [5.41, 5.74) is 0.394. The zero-order valence-electron chi connectivity index (χ0n) is 10.6. The number of aliphatic hydroxyl groups is 1. The maximum absolute atomic E-state index is 12.2. The van der Waals surface area contributed by atoms with E-state index in [0.717, 1.165) is 0 Å². The minimum absolute atomic E-state index is 0.239. The number of benzene rings is 1. The maximum atomic E-state index is 12.2. The first-order valence-corrected chi connectivity index (χ1v) is 6.40. The van der Waals surface area contributed by atoms with Gasteiger partial charge in [0.2, 0.25) is 0 Å². The van der Waals surface area contributed by atoms with E-state index in [9.17, 15) is 9.90 Å². The standard InChI is InChI=1S/C13H16ClNO4/c1-18-12-6-8(14)2-3-9(12)13(17)15-10-4-5-19-7-11(10)16/h2-3,6,10-11,16H,4-5,7H2,1H3,(H,15,17)/t10-,11-/m1/s1. The smallest absolute Gasteiger partial charge is 0.255 e. The van der Waals surface area contributed by atoms with Crippen LogP contribution in [-0.2, 0) is 4.74 Å². The molecule has 0 saturated carbocycles. The van der Waals surface area contributed by atoms with Crippen LogP contribution in [0, 0.1) is 0 Å².